The first-order valence-corrected chi connectivity index (χ1v) is 31.6. The molecule has 0 aromatic rings. The third kappa shape index (κ3) is 55.7. The molecule has 2 atom stereocenters. The van der Waals surface area contributed by atoms with Gasteiger partial charge in [0.15, 0.2) is 0 Å². The van der Waals surface area contributed by atoms with Gasteiger partial charge in [0, 0.05) is 12.8 Å². The number of nitrogens with one attached hydrogen (secondary N) is 1. The molecule has 6 nitrogen and oxygen atoms in total. The number of amides is 1. The smallest absolute Gasteiger partial charge is 0.305 e. The lowest BCUT2D eigenvalue weighted by atomic mass is 10.0. The zero-order chi connectivity index (χ0) is 50.7. The van der Waals surface area contributed by atoms with Crippen LogP contribution in [-0.4, -0.2) is 47.4 Å². The molecule has 0 saturated carbocycles. The first kappa shape index (κ1) is 68.3. The van der Waals surface area contributed by atoms with Gasteiger partial charge in [-0.25, -0.2) is 0 Å². The summed E-state index contributed by atoms with van der Waals surface area (Å²) in [5, 5.41) is 23.4. The Morgan fingerprint density at radius 2 is 0.714 bits per heavy atom. The molecular weight excluding hydrogens is 863 g/mol. The van der Waals surface area contributed by atoms with Crippen LogP contribution in [0.1, 0.15) is 348 Å². The molecule has 0 aliphatic carbocycles. The fourth-order valence-corrected chi connectivity index (χ4v) is 9.95. The highest BCUT2D eigenvalue weighted by Crippen LogP contribution is 2.18. The number of hydrogen-bond acceptors (Lipinski definition) is 5. The molecule has 0 aliphatic rings. The van der Waals surface area contributed by atoms with Gasteiger partial charge in [-0.15, -0.1) is 0 Å². The number of carbonyl (C=O) groups is 2. The quantitative estimate of drug-likeness (QED) is 0.0321. The molecule has 0 aromatic carbocycles. The predicted octanol–water partition coefficient (Wildman–Crippen LogP) is 19.8. The number of ether oxygens (including phenoxy) is 1. The van der Waals surface area contributed by atoms with Gasteiger partial charge in [0.05, 0.1) is 25.4 Å². The number of hydrogen-bond donors (Lipinski definition) is 3. The van der Waals surface area contributed by atoms with Crippen molar-refractivity contribution < 1.29 is 24.5 Å². The van der Waals surface area contributed by atoms with E-state index in [0.717, 1.165) is 51.4 Å². The molecule has 0 aromatic heterocycles. The number of esters is 1. The minimum absolute atomic E-state index is 0.0339. The van der Waals surface area contributed by atoms with E-state index in [2.05, 4.69) is 43.5 Å². The summed E-state index contributed by atoms with van der Waals surface area (Å²) in [4.78, 5) is 24.5. The van der Waals surface area contributed by atoms with Crippen LogP contribution in [0.25, 0.3) is 0 Å². The normalized spacial score (nSPS) is 12.7. The maximum Gasteiger partial charge on any atom is 0.305 e. The van der Waals surface area contributed by atoms with Crippen molar-refractivity contribution in [3.63, 3.8) is 0 Å². The van der Waals surface area contributed by atoms with Gasteiger partial charge in [0.25, 0.3) is 0 Å². The van der Waals surface area contributed by atoms with Crippen LogP contribution in [0.2, 0.25) is 0 Å². The van der Waals surface area contributed by atoms with E-state index in [4.69, 9.17) is 4.74 Å². The van der Waals surface area contributed by atoms with Gasteiger partial charge >= 0.3 is 5.97 Å². The van der Waals surface area contributed by atoms with Crippen molar-refractivity contribution >= 4 is 11.9 Å². The molecule has 0 spiro atoms. The maximum atomic E-state index is 12.5. The molecule has 0 rings (SSSR count). The fourth-order valence-electron chi connectivity index (χ4n) is 9.95. The number of aliphatic hydroxyl groups excluding tert-OH is 2. The second kappa shape index (κ2) is 59.9. The summed E-state index contributed by atoms with van der Waals surface area (Å²) in [6.07, 6.45) is 73.5. The summed E-state index contributed by atoms with van der Waals surface area (Å²) < 4.78 is 5.41. The van der Waals surface area contributed by atoms with Gasteiger partial charge in [-0.05, 0) is 44.9 Å². The highest BCUT2D eigenvalue weighted by Gasteiger charge is 2.20. The van der Waals surface area contributed by atoms with Crippen LogP contribution in [-0.2, 0) is 14.3 Å². The van der Waals surface area contributed by atoms with Crippen molar-refractivity contribution in [3.8, 4) is 0 Å². The zero-order valence-corrected chi connectivity index (χ0v) is 47.3. The van der Waals surface area contributed by atoms with Crippen LogP contribution in [0.3, 0.4) is 0 Å². The standard InChI is InChI=1S/C64H123NO5/c1-3-5-7-9-11-13-15-17-18-19-20-24-27-30-33-36-40-44-48-52-56-62(67)61(60-66)65-63(68)57-53-49-45-41-37-34-31-28-25-22-21-23-26-29-32-35-39-43-47-51-55-59-70-64(69)58-54-50-46-42-38-16-14-12-10-8-6-4-2/h35,39,47,51,61-62,66-67H,3-34,36-38,40-46,48-50,52-60H2,1-2H3,(H,65,68)/b39-35-,51-47-. The minimum atomic E-state index is -0.668. The maximum absolute atomic E-state index is 12.5. The second-order valence-corrected chi connectivity index (χ2v) is 21.7. The van der Waals surface area contributed by atoms with E-state index >= 15 is 0 Å². The Morgan fingerprint density at radius 3 is 1.09 bits per heavy atom. The second-order valence-electron chi connectivity index (χ2n) is 21.7. The first-order chi connectivity index (χ1) is 34.5. The molecular formula is C64H123NO5. The van der Waals surface area contributed by atoms with Crippen molar-refractivity contribution in [2.75, 3.05) is 13.2 Å². The Hall–Kier alpha value is -1.66. The Labute approximate surface area is 437 Å². The van der Waals surface area contributed by atoms with Crippen molar-refractivity contribution in [1.82, 2.24) is 5.32 Å². The molecule has 3 N–H and O–H groups in total. The van der Waals surface area contributed by atoms with E-state index in [-0.39, 0.29) is 18.5 Å². The van der Waals surface area contributed by atoms with E-state index in [0.29, 0.717) is 25.9 Å². The molecule has 70 heavy (non-hydrogen) atoms. The number of unbranched alkanes of at least 4 members (excludes halogenated alkanes) is 44. The van der Waals surface area contributed by atoms with Crippen molar-refractivity contribution in [1.29, 1.82) is 0 Å². The van der Waals surface area contributed by atoms with Crippen LogP contribution >= 0.6 is 0 Å². The molecule has 0 radical (unpaired) electrons. The van der Waals surface area contributed by atoms with E-state index in [1.807, 2.05) is 0 Å². The van der Waals surface area contributed by atoms with Crippen LogP contribution in [0, 0.1) is 0 Å². The Bertz CT molecular complexity index is 1090. The minimum Gasteiger partial charge on any atom is -0.465 e. The van der Waals surface area contributed by atoms with Crippen LogP contribution in [0.4, 0.5) is 0 Å². The Morgan fingerprint density at radius 1 is 0.400 bits per heavy atom. The average molecular weight is 987 g/mol. The average Bonchev–Trinajstić information content (AvgIpc) is 3.36. The Kier molecular flexibility index (Phi) is 58.5. The highest BCUT2D eigenvalue weighted by atomic mass is 16.5. The lowest BCUT2D eigenvalue weighted by molar-refractivity contribution is -0.143. The molecule has 2 unspecified atom stereocenters. The van der Waals surface area contributed by atoms with E-state index in [9.17, 15) is 19.8 Å². The topological polar surface area (TPSA) is 95.9 Å². The van der Waals surface area contributed by atoms with Gasteiger partial charge in [0.1, 0.15) is 0 Å². The summed E-state index contributed by atoms with van der Waals surface area (Å²) in [5.41, 5.74) is 0. The van der Waals surface area contributed by atoms with Gasteiger partial charge < -0.3 is 20.3 Å². The van der Waals surface area contributed by atoms with Gasteiger partial charge in [-0.3, -0.25) is 9.59 Å². The van der Waals surface area contributed by atoms with Crippen molar-refractivity contribution in [2.24, 2.45) is 0 Å². The van der Waals surface area contributed by atoms with Crippen molar-refractivity contribution in [3.05, 3.63) is 24.3 Å². The van der Waals surface area contributed by atoms with Gasteiger partial charge in [0.2, 0.25) is 5.91 Å². The summed E-state index contributed by atoms with van der Waals surface area (Å²) in [6, 6.07) is -0.546. The van der Waals surface area contributed by atoms with E-state index in [1.165, 1.54) is 263 Å². The first-order valence-electron chi connectivity index (χ1n) is 31.6. The summed E-state index contributed by atoms with van der Waals surface area (Å²) in [6.45, 7) is 4.87. The number of carbonyl (C=O) groups excluding carboxylic acids is 2. The lowest BCUT2D eigenvalue weighted by Crippen LogP contribution is -2.45. The van der Waals surface area contributed by atoms with Crippen LogP contribution in [0.15, 0.2) is 24.3 Å². The zero-order valence-electron chi connectivity index (χ0n) is 47.3. The third-order valence-corrected chi connectivity index (χ3v) is 14.8. The number of aliphatic hydroxyl groups is 2. The lowest BCUT2D eigenvalue weighted by Gasteiger charge is -2.22. The predicted molar refractivity (Wildman–Crippen MR) is 306 cm³/mol. The molecule has 1 amide bonds. The highest BCUT2D eigenvalue weighted by molar-refractivity contribution is 5.76. The molecule has 414 valence electrons. The van der Waals surface area contributed by atoms with Gasteiger partial charge in [-0.2, -0.15) is 0 Å². The Balaban J connectivity index is 3.45. The third-order valence-electron chi connectivity index (χ3n) is 14.8. The fraction of sp³-hybridized carbons (Fsp3) is 0.906. The van der Waals surface area contributed by atoms with Crippen molar-refractivity contribution in [2.45, 2.75) is 360 Å². The SMILES string of the molecule is CCCCCCCCCCCCCCCCCCCCCCC(O)C(CO)NC(=O)CCCCCCCCCCCCCCCC/C=C\C/C=C\CCOC(=O)CCCCCCCCCCCCCC. The summed E-state index contributed by atoms with van der Waals surface area (Å²) in [5.74, 6) is -0.0702. The van der Waals surface area contributed by atoms with E-state index < -0.39 is 12.1 Å². The van der Waals surface area contributed by atoms with E-state index in [1.54, 1.807) is 0 Å². The molecule has 0 aliphatic heterocycles. The molecule has 6 heteroatoms. The van der Waals surface area contributed by atoms with Crippen LogP contribution < -0.4 is 5.32 Å². The number of allylic oxidation sites excluding steroid dienone is 3. The monoisotopic (exact) mass is 986 g/mol. The molecule has 0 heterocycles. The number of rotatable bonds is 59. The summed E-state index contributed by atoms with van der Waals surface area (Å²) >= 11 is 0. The molecule has 0 saturated heterocycles. The largest absolute Gasteiger partial charge is 0.465 e. The molecule has 0 fully saturated rings. The van der Waals surface area contributed by atoms with Crippen LogP contribution in [0.5, 0.6) is 0 Å². The van der Waals surface area contributed by atoms with Gasteiger partial charge in [-0.1, -0.05) is 314 Å². The summed E-state index contributed by atoms with van der Waals surface area (Å²) in [7, 11) is 0. The molecule has 0 bridgehead atoms.